The van der Waals surface area contributed by atoms with Crippen molar-refractivity contribution in [1.29, 1.82) is 0 Å². The molecule has 0 N–H and O–H groups in total. The van der Waals surface area contributed by atoms with Crippen molar-refractivity contribution in [3.63, 3.8) is 0 Å². The average molecular weight is 443 g/mol. The molecule has 146 valence electrons. The van der Waals surface area contributed by atoms with E-state index in [0.717, 1.165) is 60.6 Å². The molecule has 0 aliphatic carbocycles. The lowest BCUT2D eigenvalue weighted by atomic mass is 10.1. The maximum Gasteiger partial charge on any atom is 0.416 e. The number of ether oxygens (including phenoxy) is 1. The molecular formula is C20H22BrF3N2O. The molecule has 0 radical (unpaired) electrons. The maximum atomic E-state index is 12.6. The number of halogens is 4. The van der Waals surface area contributed by atoms with E-state index in [1.807, 2.05) is 6.07 Å². The van der Waals surface area contributed by atoms with E-state index in [2.05, 4.69) is 37.9 Å². The average Bonchev–Trinajstić information content (AvgIpc) is 2.63. The molecule has 0 atom stereocenters. The van der Waals surface area contributed by atoms with Gasteiger partial charge < -0.3 is 4.74 Å². The summed E-state index contributed by atoms with van der Waals surface area (Å²) in [6, 6.07) is 11.6. The third-order valence-electron chi connectivity index (χ3n) is 4.77. The fourth-order valence-electron chi connectivity index (χ4n) is 3.23. The smallest absolute Gasteiger partial charge is 0.416 e. The van der Waals surface area contributed by atoms with Crippen molar-refractivity contribution in [2.45, 2.75) is 19.3 Å². The van der Waals surface area contributed by atoms with Crippen LogP contribution in [0, 0.1) is 0 Å². The van der Waals surface area contributed by atoms with Crippen LogP contribution in [0.1, 0.15) is 16.7 Å². The molecule has 0 spiro atoms. The number of alkyl halides is 3. The number of benzene rings is 2. The van der Waals surface area contributed by atoms with Crippen molar-refractivity contribution >= 4 is 15.9 Å². The molecule has 1 heterocycles. The van der Waals surface area contributed by atoms with Gasteiger partial charge in [-0.3, -0.25) is 9.80 Å². The van der Waals surface area contributed by atoms with Gasteiger partial charge in [-0.2, -0.15) is 13.2 Å². The third-order valence-corrected chi connectivity index (χ3v) is 5.39. The van der Waals surface area contributed by atoms with Gasteiger partial charge in [0, 0.05) is 39.3 Å². The van der Waals surface area contributed by atoms with Crippen LogP contribution in [0.25, 0.3) is 0 Å². The molecule has 2 aromatic carbocycles. The molecule has 1 aliphatic heterocycles. The van der Waals surface area contributed by atoms with Crippen LogP contribution in [-0.4, -0.2) is 43.1 Å². The predicted octanol–water partition coefficient (Wildman–Crippen LogP) is 4.79. The molecule has 2 aromatic rings. The van der Waals surface area contributed by atoms with Crippen LogP contribution in [-0.2, 0) is 19.3 Å². The van der Waals surface area contributed by atoms with E-state index in [4.69, 9.17) is 4.74 Å². The Morgan fingerprint density at radius 1 is 0.889 bits per heavy atom. The molecule has 1 saturated heterocycles. The summed E-state index contributed by atoms with van der Waals surface area (Å²) in [5, 5.41) is 0. The lowest BCUT2D eigenvalue weighted by molar-refractivity contribution is -0.137. The quantitative estimate of drug-likeness (QED) is 0.661. The minimum absolute atomic E-state index is 0.596. The first-order valence-electron chi connectivity index (χ1n) is 8.78. The number of piperazine rings is 1. The van der Waals surface area contributed by atoms with Gasteiger partial charge in [0.1, 0.15) is 5.75 Å². The van der Waals surface area contributed by atoms with Crippen LogP contribution < -0.4 is 4.74 Å². The van der Waals surface area contributed by atoms with Gasteiger partial charge in [-0.25, -0.2) is 0 Å². The Labute approximate surface area is 165 Å². The highest BCUT2D eigenvalue weighted by Gasteiger charge is 2.30. The third kappa shape index (κ3) is 5.46. The first kappa shape index (κ1) is 20.2. The minimum Gasteiger partial charge on any atom is -0.496 e. The Hall–Kier alpha value is -1.57. The highest BCUT2D eigenvalue weighted by atomic mass is 79.9. The number of hydrogen-bond acceptors (Lipinski definition) is 3. The SMILES string of the molecule is COc1ccc(CN2CCN(Cc3ccc(C(F)(F)F)cc3)CC2)cc1Br. The van der Waals surface area contributed by atoms with Gasteiger partial charge in [0.15, 0.2) is 0 Å². The van der Waals surface area contributed by atoms with Crippen molar-refractivity contribution in [2.75, 3.05) is 33.3 Å². The van der Waals surface area contributed by atoms with Crippen LogP contribution in [0.2, 0.25) is 0 Å². The summed E-state index contributed by atoms with van der Waals surface area (Å²) in [6.45, 7) is 5.22. The van der Waals surface area contributed by atoms with Crippen LogP contribution >= 0.6 is 15.9 Å². The van der Waals surface area contributed by atoms with Crippen molar-refractivity contribution in [1.82, 2.24) is 9.80 Å². The van der Waals surface area contributed by atoms with Crippen molar-refractivity contribution < 1.29 is 17.9 Å². The van der Waals surface area contributed by atoms with Gasteiger partial charge >= 0.3 is 6.18 Å². The highest BCUT2D eigenvalue weighted by Crippen LogP contribution is 2.29. The first-order chi connectivity index (χ1) is 12.8. The lowest BCUT2D eigenvalue weighted by Gasteiger charge is -2.34. The largest absolute Gasteiger partial charge is 0.496 e. The van der Waals surface area contributed by atoms with Crippen molar-refractivity contribution in [3.05, 3.63) is 63.6 Å². The molecule has 0 unspecified atom stereocenters. The van der Waals surface area contributed by atoms with Gasteiger partial charge in [-0.1, -0.05) is 18.2 Å². The summed E-state index contributed by atoms with van der Waals surface area (Å²) in [5.41, 5.74) is 1.54. The molecule has 1 aliphatic rings. The molecule has 0 aromatic heterocycles. The minimum atomic E-state index is -4.28. The van der Waals surface area contributed by atoms with E-state index in [9.17, 15) is 13.2 Å². The van der Waals surface area contributed by atoms with E-state index < -0.39 is 11.7 Å². The topological polar surface area (TPSA) is 15.7 Å². The number of rotatable bonds is 5. The summed E-state index contributed by atoms with van der Waals surface area (Å²) >= 11 is 3.51. The van der Waals surface area contributed by atoms with Crippen molar-refractivity contribution in [2.24, 2.45) is 0 Å². The molecule has 7 heteroatoms. The van der Waals surface area contributed by atoms with Crippen LogP contribution in [0.3, 0.4) is 0 Å². The standard InChI is InChI=1S/C20H22BrF3N2O/c1-27-19-7-4-16(12-18(19)21)14-26-10-8-25(9-11-26)13-15-2-5-17(6-3-15)20(22,23)24/h2-7,12H,8-11,13-14H2,1H3. The lowest BCUT2D eigenvalue weighted by Crippen LogP contribution is -2.45. The molecule has 1 fully saturated rings. The number of hydrogen-bond donors (Lipinski definition) is 0. The monoisotopic (exact) mass is 442 g/mol. The van der Waals surface area contributed by atoms with E-state index in [-0.39, 0.29) is 0 Å². The van der Waals surface area contributed by atoms with Gasteiger partial charge in [-0.15, -0.1) is 0 Å². The Morgan fingerprint density at radius 2 is 1.41 bits per heavy atom. The normalized spacial score (nSPS) is 16.5. The highest BCUT2D eigenvalue weighted by molar-refractivity contribution is 9.10. The molecular weight excluding hydrogens is 421 g/mol. The summed E-state index contributed by atoms with van der Waals surface area (Å²) in [7, 11) is 1.65. The zero-order chi connectivity index (χ0) is 19.4. The fraction of sp³-hybridized carbons (Fsp3) is 0.400. The Kier molecular flexibility index (Phi) is 6.44. The summed E-state index contributed by atoms with van der Waals surface area (Å²) in [5.74, 6) is 0.820. The van der Waals surface area contributed by atoms with Gasteiger partial charge in [0.25, 0.3) is 0 Å². The molecule has 0 amide bonds. The molecule has 3 nitrogen and oxygen atoms in total. The van der Waals surface area contributed by atoms with Crippen LogP contribution in [0.4, 0.5) is 13.2 Å². The zero-order valence-electron chi connectivity index (χ0n) is 15.1. The van der Waals surface area contributed by atoms with E-state index in [0.29, 0.717) is 6.54 Å². The summed E-state index contributed by atoms with van der Waals surface area (Å²) < 4.78 is 44.1. The molecule has 3 rings (SSSR count). The first-order valence-corrected chi connectivity index (χ1v) is 9.58. The Balaban J connectivity index is 1.49. The summed E-state index contributed by atoms with van der Waals surface area (Å²) in [4.78, 5) is 4.67. The fourth-order valence-corrected chi connectivity index (χ4v) is 3.82. The second-order valence-electron chi connectivity index (χ2n) is 6.72. The van der Waals surface area contributed by atoms with E-state index >= 15 is 0 Å². The van der Waals surface area contributed by atoms with E-state index in [1.165, 1.54) is 5.56 Å². The predicted molar refractivity (Wildman–Crippen MR) is 103 cm³/mol. The van der Waals surface area contributed by atoms with Crippen LogP contribution in [0.5, 0.6) is 5.75 Å². The molecule has 27 heavy (non-hydrogen) atoms. The number of nitrogens with zero attached hydrogens (tertiary/aromatic N) is 2. The van der Waals surface area contributed by atoms with Crippen LogP contribution in [0.15, 0.2) is 46.9 Å². The molecule has 0 bridgehead atoms. The van der Waals surface area contributed by atoms with Gasteiger partial charge in [0.2, 0.25) is 0 Å². The summed E-state index contributed by atoms with van der Waals surface area (Å²) in [6.07, 6.45) is -4.28. The second kappa shape index (κ2) is 8.63. The van der Waals surface area contributed by atoms with Gasteiger partial charge in [0.05, 0.1) is 17.1 Å². The van der Waals surface area contributed by atoms with Crippen molar-refractivity contribution in [3.8, 4) is 5.75 Å². The number of methoxy groups -OCH3 is 1. The molecule has 0 saturated carbocycles. The second-order valence-corrected chi connectivity index (χ2v) is 7.57. The Morgan fingerprint density at radius 3 is 1.89 bits per heavy atom. The van der Waals surface area contributed by atoms with E-state index in [1.54, 1.807) is 19.2 Å². The maximum absolute atomic E-state index is 12.6. The zero-order valence-corrected chi connectivity index (χ0v) is 16.7. The van der Waals surface area contributed by atoms with Gasteiger partial charge in [-0.05, 0) is 51.3 Å². The Bertz CT molecular complexity index is 757.